The highest BCUT2D eigenvalue weighted by molar-refractivity contribution is 6.17. The fourth-order valence-corrected chi connectivity index (χ4v) is 2.12. The van der Waals surface area contributed by atoms with Crippen LogP contribution in [0.4, 0.5) is 5.69 Å². The van der Waals surface area contributed by atoms with Crippen molar-refractivity contribution in [2.24, 2.45) is 0 Å². The van der Waals surface area contributed by atoms with Gasteiger partial charge in [-0.1, -0.05) is 30.3 Å². The van der Waals surface area contributed by atoms with Crippen molar-refractivity contribution in [2.45, 2.75) is 12.3 Å². The first-order valence-electron chi connectivity index (χ1n) is 6.29. The molecule has 0 bridgehead atoms. The summed E-state index contributed by atoms with van der Waals surface area (Å²) in [5.41, 5.74) is 2.62. The van der Waals surface area contributed by atoms with E-state index >= 15 is 0 Å². The molecule has 0 aromatic heterocycles. The monoisotopic (exact) mass is 289 g/mol. The van der Waals surface area contributed by atoms with E-state index in [1.807, 2.05) is 48.5 Å². The summed E-state index contributed by atoms with van der Waals surface area (Å²) in [6.45, 7) is 0. The molecule has 0 unspecified atom stereocenters. The van der Waals surface area contributed by atoms with Crippen molar-refractivity contribution in [2.75, 3.05) is 12.4 Å². The molecule has 0 radical (unpaired) electrons. The molecule has 1 amide bonds. The molecular weight excluding hydrogens is 274 g/mol. The van der Waals surface area contributed by atoms with Crippen LogP contribution in [0.25, 0.3) is 0 Å². The molecule has 2 aromatic carbocycles. The van der Waals surface area contributed by atoms with Crippen LogP contribution in [-0.4, -0.2) is 13.0 Å². The van der Waals surface area contributed by atoms with Crippen LogP contribution in [0.1, 0.15) is 11.1 Å². The number of benzene rings is 2. The molecule has 0 spiro atoms. The molecule has 2 rings (SSSR count). The molecule has 0 saturated carbocycles. The maximum Gasteiger partial charge on any atom is 0.228 e. The fourth-order valence-electron chi connectivity index (χ4n) is 1.88. The Morgan fingerprint density at radius 3 is 2.50 bits per heavy atom. The Morgan fingerprint density at radius 2 is 1.85 bits per heavy atom. The molecule has 20 heavy (non-hydrogen) atoms. The normalized spacial score (nSPS) is 10.1. The summed E-state index contributed by atoms with van der Waals surface area (Å²) in [7, 11) is 1.62. The van der Waals surface area contributed by atoms with Crippen LogP contribution in [-0.2, 0) is 17.1 Å². The van der Waals surface area contributed by atoms with E-state index in [0.29, 0.717) is 12.3 Å². The number of para-hydroxylation sites is 1. The van der Waals surface area contributed by atoms with E-state index in [2.05, 4.69) is 5.32 Å². The summed E-state index contributed by atoms with van der Waals surface area (Å²) in [5.74, 6) is 1.09. The Labute approximate surface area is 123 Å². The first-order chi connectivity index (χ1) is 9.72. The second-order valence-corrected chi connectivity index (χ2v) is 4.63. The molecule has 0 saturated heterocycles. The second-order valence-electron chi connectivity index (χ2n) is 4.36. The molecule has 104 valence electrons. The van der Waals surface area contributed by atoms with Crippen LogP contribution < -0.4 is 10.1 Å². The number of hydrogen-bond donors (Lipinski definition) is 1. The number of carbonyl (C=O) groups excluding carboxylic acids is 1. The van der Waals surface area contributed by atoms with Gasteiger partial charge in [-0.15, -0.1) is 11.6 Å². The standard InChI is InChI=1S/C16H16ClNO2/c1-20-14-8-6-12(7-9-14)10-16(19)18-15-5-3-2-4-13(15)11-17/h2-9H,10-11H2,1H3,(H,18,19). The van der Waals surface area contributed by atoms with Gasteiger partial charge in [0.1, 0.15) is 5.75 Å². The average Bonchev–Trinajstić information content (AvgIpc) is 2.48. The van der Waals surface area contributed by atoms with E-state index in [-0.39, 0.29) is 5.91 Å². The minimum Gasteiger partial charge on any atom is -0.497 e. The number of halogens is 1. The van der Waals surface area contributed by atoms with Crippen molar-refractivity contribution >= 4 is 23.2 Å². The van der Waals surface area contributed by atoms with Crippen molar-refractivity contribution in [3.8, 4) is 5.75 Å². The second kappa shape index (κ2) is 6.96. The van der Waals surface area contributed by atoms with Gasteiger partial charge in [0.2, 0.25) is 5.91 Å². The summed E-state index contributed by atoms with van der Waals surface area (Å²) in [4.78, 5) is 12.0. The van der Waals surface area contributed by atoms with Gasteiger partial charge in [0.15, 0.2) is 0 Å². The number of anilines is 1. The van der Waals surface area contributed by atoms with E-state index in [1.165, 1.54) is 0 Å². The molecule has 0 heterocycles. The first kappa shape index (κ1) is 14.4. The molecule has 0 aliphatic carbocycles. The Kier molecular flexibility index (Phi) is 5.02. The summed E-state index contributed by atoms with van der Waals surface area (Å²) < 4.78 is 5.08. The van der Waals surface area contributed by atoms with E-state index in [9.17, 15) is 4.79 Å². The molecule has 4 heteroatoms. The minimum absolute atomic E-state index is 0.0623. The lowest BCUT2D eigenvalue weighted by atomic mass is 10.1. The predicted molar refractivity (Wildman–Crippen MR) is 81.3 cm³/mol. The van der Waals surface area contributed by atoms with Gasteiger partial charge in [-0.25, -0.2) is 0 Å². The van der Waals surface area contributed by atoms with Crippen LogP contribution >= 0.6 is 11.6 Å². The topological polar surface area (TPSA) is 38.3 Å². The lowest BCUT2D eigenvalue weighted by molar-refractivity contribution is -0.115. The number of ether oxygens (including phenoxy) is 1. The zero-order valence-corrected chi connectivity index (χ0v) is 12.0. The fraction of sp³-hybridized carbons (Fsp3) is 0.188. The third-order valence-corrected chi connectivity index (χ3v) is 3.25. The van der Waals surface area contributed by atoms with Gasteiger partial charge in [-0.2, -0.15) is 0 Å². The van der Waals surface area contributed by atoms with Gasteiger partial charge in [0.05, 0.1) is 13.5 Å². The summed E-state index contributed by atoms with van der Waals surface area (Å²) in [6.07, 6.45) is 0.320. The first-order valence-corrected chi connectivity index (χ1v) is 6.83. The Morgan fingerprint density at radius 1 is 1.15 bits per heavy atom. The maximum atomic E-state index is 12.0. The molecule has 0 aliphatic heterocycles. The number of rotatable bonds is 5. The molecule has 3 nitrogen and oxygen atoms in total. The number of amides is 1. The largest absolute Gasteiger partial charge is 0.497 e. The Hall–Kier alpha value is -2.00. The van der Waals surface area contributed by atoms with E-state index in [4.69, 9.17) is 16.3 Å². The van der Waals surface area contributed by atoms with Crippen LogP contribution in [0.5, 0.6) is 5.75 Å². The predicted octanol–water partition coefficient (Wildman–Crippen LogP) is 3.62. The molecule has 1 N–H and O–H groups in total. The van der Waals surface area contributed by atoms with Crippen molar-refractivity contribution < 1.29 is 9.53 Å². The highest BCUT2D eigenvalue weighted by Crippen LogP contribution is 2.18. The van der Waals surface area contributed by atoms with Gasteiger partial charge in [0.25, 0.3) is 0 Å². The zero-order valence-electron chi connectivity index (χ0n) is 11.2. The Bertz CT molecular complexity index is 581. The van der Waals surface area contributed by atoms with Crippen LogP contribution in [0, 0.1) is 0 Å². The number of alkyl halides is 1. The summed E-state index contributed by atoms with van der Waals surface area (Å²) >= 11 is 5.84. The number of hydrogen-bond acceptors (Lipinski definition) is 2. The lowest BCUT2D eigenvalue weighted by Crippen LogP contribution is -2.15. The van der Waals surface area contributed by atoms with Crippen molar-refractivity contribution in [1.29, 1.82) is 0 Å². The summed E-state index contributed by atoms with van der Waals surface area (Å²) in [6, 6.07) is 15.0. The Balaban J connectivity index is 2.01. The van der Waals surface area contributed by atoms with Crippen LogP contribution in [0.15, 0.2) is 48.5 Å². The van der Waals surface area contributed by atoms with Gasteiger partial charge in [0, 0.05) is 11.6 Å². The molecule has 2 aromatic rings. The minimum atomic E-state index is -0.0623. The van der Waals surface area contributed by atoms with E-state index < -0.39 is 0 Å². The number of methoxy groups -OCH3 is 1. The van der Waals surface area contributed by atoms with Crippen LogP contribution in [0.3, 0.4) is 0 Å². The van der Waals surface area contributed by atoms with Gasteiger partial charge >= 0.3 is 0 Å². The van der Waals surface area contributed by atoms with E-state index in [1.54, 1.807) is 7.11 Å². The van der Waals surface area contributed by atoms with Crippen molar-refractivity contribution in [3.63, 3.8) is 0 Å². The van der Waals surface area contributed by atoms with Gasteiger partial charge in [-0.3, -0.25) is 4.79 Å². The van der Waals surface area contributed by atoms with E-state index in [0.717, 1.165) is 22.6 Å². The summed E-state index contributed by atoms with van der Waals surface area (Å²) in [5, 5.41) is 2.88. The van der Waals surface area contributed by atoms with Crippen LogP contribution in [0.2, 0.25) is 0 Å². The lowest BCUT2D eigenvalue weighted by Gasteiger charge is -2.09. The molecule has 0 fully saturated rings. The smallest absolute Gasteiger partial charge is 0.228 e. The van der Waals surface area contributed by atoms with Crippen molar-refractivity contribution in [1.82, 2.24) is 0 Å². The average molecular weight is 290 g/mol. The molecular formula is C16H16ClNO2. The number of carbonyl (C=O) groups is 1. The highest BCUT2D eigenvalue weighted by atomic mass is 35.5. The zero-order chi connectivity index (χ0) is 14.4. The third-order valence-electron chi connectivity index (χ3n) is 2.96. The molecule has 0 atom stereocenters. The van der Waals surface area contributed by atoms with Gasteiger partial charge in [-0.05, 0) is 29.3 Å². The van der Waals surface area contributed by atoms with Gasteiger partial charge < -0.3 is 10.1 Å². The quantitative estimate of drug-likeness (QED) is 0.854. The SMILES string of the molecule is COc1ccc(CC(=O)Nc2ccccc2CCl)cc1. The third kappa shape index (κ3) is 3.75. The maximum absolute atomic E-state index is 12.0. The molecule has 0 aliphatic rings. The highest BCUT2D eigenvalue weighted by Gasteiger charge is 2.07. The number of nitrogens with one attached hydrogen (secondary N) is 1. The van der Waals surface area contributed by atoms with Crippen molar-refractivity contribution in [3.05, 3.63) is 59.7 Å².